The Bertz CT molecular complexity index is 216. The summed E-state index contributed by atoms with van der Waals surface area (Å²) in [6.45, 7) is 6.49. The van der Waals surface area contributed by atoms with Gasteiger partial charge in [-0.05, 0) is 38.8 Å². The van der Waals surface area contributed by atoms with Crippen LogP contribution in [0.3, 0.4) is 0 Å². The van der Waals surface area contributed by atoms with Crippen molar-refractivity contribution in [3.8, 4) is 0 Å². The summed E-state index contributed by atoms with van der Waals surface area (Å²) in [6, 6.07) is 0. The van der Waals surface area contributed by atoms with Crippen molar-refractivity contribution >= 4 is 5.97 Å². The van der Waals surface area contributed by atoms with Gasteiger partial charge in [-0.25, -0.2) is 0 Å². The second kappa shape index (κ2) is 6.24. The second-order valence-corrected chi connectivity index (χ2v) is 4.99. The molecule has 16 heavy (non-hydrogen) atoms. The highest BCUT2D eigenvalue weighted by molar-refractivity contribution is 5.68. The van der Waals surface area contributed by atoms with Crippen LogP contribution in [0.25, 0.3) is 0 Å². The molecule has 1 aliphatic rings. The van der Waals surface area contributed by atoms with Gasteiger partial charge in [0.15, 0.2) is 0 Å². The summed E-state index contributed by atoms with van der Waals surface area (Å²) in [5, 5.41) is 9.14. The molecule has 0 aromatic rings. The molecule has 1 fully saturated rings. The molecule has 0 radical (unpaired) electrons. The molecule has 3 nitrogen and oxygen atoms in total. The van der Waals surface area contributed by atoms with Crippen molar-refractivity contribution in [2.45, 2.75) is 64.3 Å². The first-order chi connectivity index (χ1) is 7.64. The van der Waals surface area contributed by atoms with Crippen LogP contribution in [0, 0.1) is 0 Å². The zero-order valence-corrected chi connectivity index (χ0v) is 10.7. The topological polar surface area (TPSA) is 40.5 Å². The number of likely N-dealkylation sites (tertiary alicyclic amines) is 1. The monoisotopic (exact) mass is 227 g/mol. The zero-order chi connectivity index (χ0) is 12.0. The van der Waals surface area contributed by atoms with Crippen LogP contribution in [-0.2, 0) is 4.79 Å². The minimum atomic E-state index is -0.645. The Morgan fingerprint density at radius 2 is 1.69 bits per heavy atom. The van der Waals surface area contributed by atoms with Gasteiger partial charge in [-0.2, -0.15) is 0 Å². The number of rotatable bonds is 7. The van der Waals surface area contributed by atoms with Crippen molar-refractivity contribution in [3.63, 3.8) is 0 Å². The maximum Gasteiger partial charge on any atom is 0.305 e. The van der Waals surface area contributed by atoms with Crippen LogP contribution < -0.4 is 0 Å². The highest BCUT2D eigenvalue weighted by Crippen LogP contribution is 2.33. The number of aliphatic carboxylic acids is 1. The number of carbonyl (C=O) groups is 1. The molecule has 0 amide bonds. The number of carboxylic acid groups (broad SMARTS) is 1. The van der Waals surface area contributed by atoms with E-state index in [9.17, 15) is 4.79 Å². The lowest BCUT2D eigenvalue weighted by molar-refractivity contribution is -0.140. The molecule has 3 heteroatoms. The van der Waals surface area contributed by atoms with Crippen LogP contribution in [0.5, 0.6) is 0 Å². The molecule has 1 N–H and O–H groups in total. The second-order valence-electron chi connectivity index (χ2n) is 4.99. The Morgan fingerprint density at radius 1 is 1.19 bits per heavy atom. The maximum absolute atomic E-state index is 11.1. The van der Waals surface area contributed by atoms with Gasteiger partial charge in [-0.3, -0.25) is 9.69 Å². The van der Waals surface area contributed by atoms with Gasteiger partial charge in [0.05, 0.1) is 6.42 Å². The third-order valence-corrected chi connectivity index (χ3v) is 3.69. The van der Waals surface area contributed by atoms with Crippen molar-refractivity contribution in [1.82, 2.24) is 4.90 Å². The molecular weight excluding hydrogens is 202 g/mol. The zero-order valence-electron chi connectivity index (χ0n) is 10.7. The Balaban J connectivity index is 2.79. The van der Waals surface area contributed by atoms with Crippen molar-refractivity contribution < 1.29 is 9.90 Å². The van der Waals surface area contributed by atoms with Crippen LogP contribution in [0.1, 0.15) is 58.8 Å². The third-order valence-electron chi connectivity index (χ3n) is 3.69. The van der Waals surface area contributed by atoms with Gasteiger partial charge in [0, 0.05) is 5.54 Å². The largest absolute Gasteiger partial charge is 0.481 e. The molecular formula is C13H25NO2. The summed E-state index contributed by atoms with van der Waals surface area (Å²) >= 11 is 0. The predicted molar refractivity (Wildman–Crippen MR) is 65.6 cm³/mol. The Hall–Kier alpha value is -0.570. The standard InChI is InChI=1S/C13H25NO2/c1-3-7-13(8-4-2,11-12(15)16)14-9-5-6-10-14/h3-11H2,1-2H3,(H,15,16). The Morgan fingerprint density at radius 3 is 2.06 bits per heavy atom. The van der Waals surface area contributed by atoms with Gasteiger partial charge in [-0.15, -0.1) is 0 Å². The molecule has 0 aliphatic carbocycles. The maximum atomic E-state index is 11.1. The summed E-state index contributed by atoms with van der Waals surface area (Å²) in [5.41, 5.74) is -0.0637. The van der Waals surface area contributed by atoms with Gasteiger partial charge in [-0.1, -0.05) is 26.7 Å². The van der Waals surface area contributed by atoms with Crippen molar-refractivity contribution in [2.75, 3.05) is 13.1 Å². The minimum Gasteiger partial charge on any atom is -0.481 e. The van der Waals surface area contributed by atoms with Crippen LogP contribution >= 0.6 is 0 Å². The van der Waals surface area contributed by atoms with Crippen LogP contribution in [0.2, 0.25) is 0 Å². The van der Waals surface area contributed by atoms with E-state index in [0.717, 1.165) is 38.8 Å². The third kappa shape index (κ3) is 3.21. The normalized spacial score (nSPS) is 17.9. The summed E-state index contributed by atoms with van der Waals surface area (Å²) < 4.78 is 0. The summed E-state index contributed by atoms with van der Waals surface area (Å²) in [5.74, 6) is -0.645. The molecule has 0 saturated carbocycles. The highest BCUT2D eigenvalue weighted by Gasteiger charge is 2.38. The molecule has 94 valence electrons. The van der Waals surface area contributed by atoms with E-state index in [2.05, 4.69) is 18.7 Å². The summed E-state index contributed by atoms with van der Waals surface area (Å²) in [7, 11) is 0. The van der Waals surface area contributed by atoms with Gasteiger partial charge in [0.1, 0.15) is 0 Å². The van der Waals surface area contributed by atoms with E-state index in [-0.39, 0.29) is 5.54 Å². The molecule has 0 atom stereocenters. The molecule has 1 heterocycles. The molecule has 0 bridgehead atoms. The molecule has 1 aliphatic heterocycles. The Labute approximate surface area is 98.8 Å². The fourth-order valence-electron chi connectivity index (χ4n) is 3.13. The van der Waals surface area contributed by atoms with Crippen LogP contribution in [0.4, 0.5) is 0 Å². The van der Waals surface area contributed by atoms with Gasteiger partial charge in [0.2, 0.25) is 0 Å². The predicted octanol–water partition coefficient (Wildman–Crippen LogP) is 2.90. The van der Waals surface area contributed by atoms with Gasteiger partial charge >= 0.3 is 5.97 Å². The summed E-state index contributed by atoms with van der Waals surface area (Å²) in [4.78, 5) is 13.5. The lowest BCUT2D eigenvalue weighted by Crippen LogP contribution is -2.48. The molecule has 0 aromatic carbocycles. The molecule has 0 spiro atoms. The van der Waals surface area contributed by atoms with E-state index in [1.165, 1.54) is 12.8 Å². The average Bonchev–Trinajstić information content (AvgIpc) is 2.70. The summed E-state index contributed by atoms with van der Waals surface area (Å²) in [6.07, 6.45) is 6.96. The Kier molecular flexibility index (Phi) is 5.26. The first-order valence-electron chi connectivity index (χ1n) is 6.61. The van der Waals surface area contributed by atoms with E-state index < -0.39 is 5.97 Å². The fraction of sp³-hybridized carbons (Fsp3) is 0.923. The number of nitrogens with zero attached hydrogens (tertiary/aromatic N) is 1. The average molecular weight is 227 g/mol. The molecule has 1 saturated heterocycles. The van der Waals surface area contributed by atoms with Crippen molar-refractivity contribution in [1.29, 1.82) is 0 Å². The van der Waals surface area contributed by atoms with E-state index in [1.807, 2.05) is 0 Å². The van der Waals surface area contributed by atoms with E-state index in [4.69, 9.17) is 5.11 Å². The SMILES string of the molecule is CCCC(CCC)(CC(=O)O)N1CCCC1. The molecule has 0 aromatic heterocycles. The first-order valence-corrected chi connectivity index (χ1v) is 6.61. The van der Waals surface area contributed by atoms with E-state index in [1.54, 1.807) is 0 Å². The number of carboxylic acids is 1. The van der Waals surface area contributed by atoms with E-state index >= 15 is 0 Å². The molecule has 1 rings (SSSR count). The van der Waals surface area contributed by atoms with Crippen LogP contribution in [0.15, 0.2) is 0 Å². The quantitative estimate of drug-likeness (QED) is 0.727. The van der Waals surface area contributed by atoms with E-state index in [0.29, 0.717) is 6.42 Å². The number of hydrogen-bond donors (Lipinski definition) is 1. The van der Waals surface area contributed by atoms with Crippen LogP contribution in [-0.4, -0.2) is 34.6 Å². The highest BCUT2D eigenvalue weighted by atomic mass is 16.4. The lowest BCUT2D eigenvalue weighted by Gasteiger charge is -2.41. The first kappa shape index (κ1) is 13.5. The minimum absolute atomic E-state index is 0.0637. The number of hydrogen-bond acceptors (Lipinski definition) is 2. The van der Waals surface area contributed by atoms with Gasteiger partial charge in [0.25, 0.3) is 0 Å². The molecule has 0 unspecified atom stereocenters. The fourth-order valence-corrected chi connectivity index (χ4v) is 3.13. The smallest absolute Gasteiger partial charge is 0.305 e. The van der Waals surface area contributed by atoms with Gasteiger partial charge < -0.3 is 5.11 Å². The van der Waals surface area contributed by atoms with Crippen molar-refractivity contribution in [2.24, 2.45) is 0 Å². The lowest BCUT2D eigenvalue weighted by atomic mass is 9.83. The van der Waals surface area contributed by atoms with Crippen molar-refractivity contribution in [3.05, 3.63) is 0 Å².